The van der Waals surface area contributed by atoms with Crippen LogP contribution in [0.3, 0.4) is 0 Å². The first-order chi connectivity index (χ1) is 24.0. The molecule has 49 heavy (non-hydrogen) atoms. The summed E-state index contributed by atoms with van der Waals surface area (Å²) in [5.41, 5.74) is 12.9. The molecule has 10 rings (SSSR count). The average molecular weight is 628 g/mol. The second kappa shape index (κ2) is 10.4. The molecule has 1 aliphatic carbocycles. The second-order valence-electron chi connectivity index (χ2n) is 13.8. The number of furan rings is 1. The van der Waals surface area contributed by atoms with E-state index in [9.17, 15) is 0 Å². The molecule has 0 aliphatic heterocycles. The fourth-order valence-corrected chi connectivity index (χ4v) is 8.17. The highest BCUT2D eigenvalue weighted by Crippen LogP contribution is 2.51. The SMILES string of the molecule is CC1(C)c2ccccc2-c2cc(N(c3ccc(-c4ccc5ccccc5c4)cc3)c3cccc4c3ccc3c5ccccc5oc43)ccc21. The van der Waals surface area contributed by atoms with Gasteiger partial charge in [-0.2, -0.15) is 0 Å². The molecule has 0 bridgehead atoms. The van der Waals surface area contributed by atoms with Crippen molar-refractivity contribution in [1.82, 2.24) is 0 Å². The van der Waals surface area contributed by atoms with Gasteiger partial charge in [-0.3, -0.25) is 0 Å². The van der Waals surface area contributed by atoms with Gasteiger partial charge in [-0.25, -0.2) is 0 Å². The van der Waals surface area contributed by atoms with Gasteiger partial charge in [0.05, 0.1) is 5.69 Å². The van der Waals surface area contributed by atoms with Gasteiger partial charge in [0.2, 0.25) is 0 Å². The normalized spacial score (nSPS) is 13.3. The summed E-state index contributed by atoms with van der Waals surface area (Å²) in [7, 11) is 0. The van der Waals surface area contributed by atoms with Crippen LogP contribution in [-0.2, 0) is 5.41 Å². The van der Waals surface area contributed by atoms with Crippen molar-refractivity contribution in [3.8, 4) is 22.3 Å². The van der Waals surface area contributed by atoms with Crippen LogP contribution in [0.1, 0.15) is 25.0 Å². The molecule has 0 atom stereocenters. The van der Waals surface area contributed by atoms with Crippen molar-refractivity contribution in [2.24, 2.45) is 0 Å². The molecule has 9 aromatic rings. The molecule has 0 fully saturated rings. The number of hydrogen-bond donors (Lipinski definition) is 0. The smallest absolute Gasteiger partial charge is 0.143 e. The van der Waals surface area contributed by atoms with Gasteiger partial charge in [0.15, 0.2) is 0 Å². The van der Waals surface area contributed by atoms with Crippen LogP contribution >= 0.6 is 0 Å². The molecule has 1 heterocycles. The molecule has 0 unspecified atom stereocenters. The highest BCUT2D eigenvalue weighted by atomic mass is 16.3. The maximum Gasteiger partial charge on any atom is 0.143 e. The van der Waals surface area contributed by atoms with E-state index in [1.54, 1.807) is 0 Å². The number of nitrogens with zero attached hydrogens (tertiary/aromatic N) is 1. The number of anilines is 3. The lowest BCUT2D eigenvalue weighted by Crippen LogP contribution is -2.15. The predicted octanol–water partition coefficient (Wildman–Crippen LogP) is 13.3. The van der Waals surface area contributed by atoms with Gasteiger partial charge in [-0.1, -0.05) is 129 Å². The third-order valence-electron chi connectivity index (χ3n) is 10.7. The monoisotopic (exact) mass is 627 g/mol. The molecule has 0 N–H and O–H groups in total. The van der Waals surface area contributed by atoms with E-state index < -0.39 is 0 Å². The van der Waals surface area contributed by atoms with E-state index in [1.165, 1.54) is 44.2 Å². The van der Waals surface area contributed by atoms with Gasteiger partial charge in [0, 0.05) is 38.3 Å². The summed E-state index contributed by atoms with van der Waals surface area (Å²) in [4.78, 5) is 2.41. The molecule has 8 aromatic carbocycles. The van der Waals surface area contributed by atoms with Gasteiger partial charge in [-0.15, -0.1) is 0 Å². The third-order valence-corrected chi connectivity index (χ3v) is 10.7. The quantitative estimate of drug-likeness (QED) is 0.193. The summed E-state index contributed by atoms with van der Waals surface area (Å²) in [5.74, 6) is 0. The lowest BCUT2D eigenvalue weighted by molar-refractivity contribution is 0.660. The van der Waals surface area contributed by atoms with Gasteiger partial charge in [0.1, 0.15) is 11.2 Å². The topological polar surface area (TPSA) is 16.4 Å². The van der Waals surface area contributed by atoms with E-state index in [1.807, 2.05) is 6.07 Å². The van der Waals surface area contributed by atoms with Crippen LogP contribution in [0.4, 0.5) is 17.1 Å². The maximum atomic E-state index is 6.51. The lowest BCUT2D eigenvalue weighted by atomic mass is 9.82. The van der Waals surface area contributed by atoms with Crippen molar-refractivity contribution in [3.05, 3.63) is 175 Å². The van der Waals surface area contributed by atoms with Gasteiger partial charge in [-0.05, 0) is 92.7 Å². The minimum atomic E-state index is -0.0524. The zero-order valence-corrected chi connectivity index (χ0v) is 27.4. The van der Waals surface area contributed by atoms with Crippen molar-refractivity contribution >= 4 is 60.5 Å². The van der Waals surface area contributed by atoms with E-state index >= 15 is 0 Å². The van der Waals surface area contributed by atoms with Crippen LogP contribution in [0.5, 0.6) is 0 Å². The molecule has 0 saturated carbocycles. The van der Waals surface area contributed by atoms with E-state index in [2.05, 4.69) is 176 Å². The molecule has 0 saturated heterocycles. The van der Waals surface area contributed by atoms with Crippen LogP contribution in [-0.4, -0.2) is 0 Å². The Morgan fingerprint density at radius 2 is 1.12 bits per heavy atom. The first-order valence-electron chi connectivity index (χ1n) is 17.0. The molecule has 0 spiro atoms. The zero-order chi connectivity index (χ0) is 32.7. The number of fused-ring (bicyclic) bond motifs is 9. The van der Waals surface area contributed by atoms with Crippen molar-refractivity contribution in [3.63, 3.8) is 0 Å². The molecule has 1 aromatic heterocycles. The maximum absolute atomic E-state index is 6.51. The van der Waals surface area contributed by atoms with Gasteiger partial charge >= 0.3 is 0 Å². The minimum Gasteiger partial charge on any atom is -0.455 e. The number of benzene rings is 8. The van der Waals surface area contributed by atoms with E-state index in [4.69, 9.17) is 4.42 Å². The summed E-state index contributed by atoms with van der Waals surface area (Å²) < 4.78 is 6.51. The third kappa shape index (κ3) is 4.20. The van der Waals surface area contributed by atoms with Crippen LogP contribution in [0.15, 0.2) is 168 Å². The van der Waals surface area contributed by atoms with Gasteiger partial charge < -0.3 is 9.32 Å². The van der Waals surface area contributed by atoms with Crippen molar-refractivity contribution in [2.75, 3.05) is 4.90 Å². The zero-order valence-electron chi connectivity index (χ0n) is 27.4. The standard InChI is InChI=1S/C47H33NO/c1-47(2)42-15-7-5-12-36(42)41-29-35(24-27-43(41)47)48(34-22-20-31(21-23-34)33-19-18-30-10-3-4-11-32(30)28-33)44-16-9-14-39-37(44)25-26-40-38-13-6-8-17-45(38)49-46(39)40/h3-29H,1-2H3. The summed E-state index contributed by atoms with van der Waals surface area (Å²) in [6.07, 6.45) is 0. The predicted molar refractivity (Wildman–Crippen MR) is 206 cm³/mol. The molecule has 2 heteroatoms. The minimum absolute atomic E-state index is 0.0524. The van der Waals surface area contributed by atoms with Crippen molar-refractivity contribution < 1.29 is 4.42 Å². The summed E-state index contributed by atoms with van der Waals surface area (Å²) in [6.45, 7) is 4.67. The lowest BCUT2D eigenvalue weighted by Gasteiger charge is -2.28. The molecule has 0 amide bonds. The Balaban J connectivity index is 1.18. The molecule has 1 aliphatic rings. The number of para-hydroxylation sites is 1. The molecule has 232 valence electrons. The first kappa shape index (κ1) is 27.9. The Morgan fingerprint density at radius 3 is 2.02 bits per heavy atom. The highest BCUT2D eigenvalue weighted by molar-refractivity contribution is 6.17. The number of rotatable bonds is 4. The summed E-state index contributed by atoms with van der Waals surface area (Å²) in [6, 6.07) is 59.5. The first-order valence-corrected chi connectivity index (χ1v) is 17.0. The largest absolute Gasteiger partial charge is 0.455 e. The fraction of sp³-hybridized carbons (Fsp3) is 0.0638. The van der Waals surface area contributed by atoms with Crippen LogP contribution in [0.25, 0.3) is 65.7 Å². The Hall–Kier alpha value is -6.12. The van der Waals surface area contributed by atoms with E-state index in [-0.39, 0.29) is 5.41 Å². The van der Waals surface area contributed by atoms with E-state index in [0.29, 0.717) is 0 Å². The van der Waals surface area contributed by atoms with Crippen LogP contribution < -0.4 is 4.90 Å². The molecular formula is C47H33NO. The van der Waals surface area contributed by atoms with Crippen molar-refractivity contribution in [1.29, 1.82) is 0 Å². The molecule has 2 nitrogen and oxygen atoms in total. The van der Waals surface area contributed by atoms with Crippen LogP contribution in [0.2, 0.25) is 0 Å². The van der Waals surface area contributed by atoms with Gasteiger partial charge in [0.25, 0.3) is 0 Å². The average Bonchev–Trinajstić information content (AvgIpc) is 3.64. The fourth-order valence-electron chi connectivity index (χ4n) is 8.17. The van der Waals surface area contributed by atoms with Crippen molar-refractivity contribution in [2.45, 2.75) is 19.3 Å². The Bertz CT molecular complexity index is 2750. The molecule has 0 radical (unpaired) electrons. The summed E-state index contributed by atoms with van der Waals surface area (Å²) >= 11 is 0. The van der Waals surface area contributed by atoms with E-state index in [0.717, 1.165) is 49.8 Å². The summed E-state index contributed by atoms with van der Waals surface area (Å²) in [5, 5.41) is 7.05. The Kier molecular flexibility index (Phi) is 5.95. The Labute approximate surface area is 285 Å². The van der Waals surface area contributed by atoms with Crippen LogP contribution in [0, 0.1) is 0 Å². The second-order valence-corrected chi connectivity index (χ2v) is 13.8. The highest BCUT2D eigenvalue weighted by Gasteiger charge is 2.35. The molecular weight excluding hydrogens is 595 g/mol. The Morgan fingerprint density at radius 1 is 0.449 bits per heavy atom. The number of hydrogen-bond acceptors (Lipinski definition) is 2.